The molecular weight excluding hydrogens is 462 g/mol. The fourth-order valence-electron chi connectivity index (χ4n) is 5.47. The van der Waals surface area contributed by atoms with Gasteiger partial charge in [0.05, 0.1) is 7.11 Å². The maximum absolute atomic E-state index is 13.0. The van der Waals surface area contributed by atoms with Gasteiger partial charge in [0.2, 0.25) is 5.91 Å². The van der Waals surface area contributed by atoms with E-state index in [9.17, 15) is 9.59 Å². The minimum absolute atomic E-state index is 0. The predicted octanol–water partition coefficient (Wildman–Crippen LogP) is 4.83. The molecule has 1 heterocycles. The van der Waals surface area contributed by atoms with Crippen molar-refractivity contribution < 1.29 is 14.3 Å². The van der Waals surface area contributed by atoms with Crippen molar-refractivity contribution >= 4 is 35.2 Å². The maximum Gasteiger partial charge on any atom is 0.328 e. The number of hydrogen-bond acceptors (Lipinski definition) is 4. The molecule has 1 atom stereocenters. The molecule has 188 valence electrons. The fourth-order valence-corrected chi connectivity index (χ4v) is 5.47. The first kappa shape index (κ1) is 26.8. The standard InChI is InChI=1S/C28H35N3O3.ClH/c1-31(2)28(22-9-5-4-6-10-22)15-13-20(14-16-28)17-26(32)30-25(27(33)34-3)18-21-19-29-24-12-8-7-11-23(21)24;/h4-12,19-20,25,29H,13-18H2,1-3H3,(H,30,32);1H. The van der Waals surface area contributed by atoms with Crippen molar-refractivity contribution in [3.63, 3.8) is 0 Å². The summed E-state index contributed by atoms with van der Waals surface area (Å²) in [6.45, 7) is 0. The van der Waals surface area contributed by atoms with Crippen LogP contribution in [0.1, 0.15) is 43.2 Å². The largest absolute Gasteiger partial charge is 0.467 e. The summed E-state index contributed by atoms with van der Waals surface area (Å²) in [7, 11) is 5.65. The lowest BCUT2D eigenvalue weighted by Crippen LogP contribution is -2.46. The summed E-state index contributed by atoms with van der Waals surface area (Å²) in [5.74, 6) is -0.196. The van der Waals surface area contributed by atoms with E-state index >= 15 is 0 Å². The Hall–Kier alpha value is -2.83. The van der Waals surface area contributed by atoms with E-state index in [0.29, 0.717) is 18.8 Å². The Bertz CT molecular complexity index is 1120. The van der Waals surface area contributed by atoms with Crippen molar-refractivity contribution in [2.24, 2.45) is 5.92 Å². The minimum atomic E-state index is -0.703. The molecule has 2 aromatic carbocycles. The fraction of sp³-hybridized carbons (Fsp3) is 0.429. The number of benzene rings is 2. The van der Waals surface area contributed by atoms with Crippen LogP contribution < -0.4 is 5.32 Å². The van der Waals surface area contributed by atoms with Crippen molar-refractivity contribution in [3.05, 3.63) is 71.9 Å². The molecule has 7 heteroatoms. The number of amides is 1. The molecule has 0 bridgehead atoms. The zero-order valence-electron chi connectivity index (χ0n) is 20.8. The van der Waals surface area contributed by atoms with Gasteiger partial charge in [-0.2, -0.15) is 0 Å². The highest BCUT2D eigenvalue weighted by Crippen LogP contribution is 2.43. The van der Waals surface area contributed by atoms with Crippen LogP contribution in [0.5, 0.6) is 0 Å². The first-order valence-corrected chi connectivity index (χ1v) is 12.1. The van der Waals surface area contributed by atoms with Crippen molar-refractivity contribution in [3.8, 4) is 0 Å². The van der Waals surface area contributed by atoms with Gasteiger partial charge in [-0.3, -0.25) is 9.69 Å². The summed E-state index contributed by atoms with van der Waals surface area (Å²) in [4.78, 5) is 31.0. The van der Waals surface area contributed by atoms with E-state index in [1.807, 2.05) is 30.5 Å². The normalized spacial score (nSPS) is 20.7. The van der Waals surface area contributed by atoms with E-state index < -0.39 is 12.0 Å². The van der Waals surface area contributed by atoms with Gasteiger partial charge in [0.25, 0.3) is 0 Å². The van der Waals surface area contributed by atoms with Gasteiger partial charge in [-0.15, -0.1) is 12.4 Å². The van der Waals surface area contributed by atoms with Gasteiger partial charge in [-0.1, -0.05) is 48.5 Å². The predicted molar refractivity (Wildman–Crippen MR) is 142 cm³/mol. The third-order valence-corrected chi connectivity index (χ3v) is 7.49. The van der Waals surface area contributed by atoms with Crippen molar-refractivity contribution in [2.45, 2.75) is 50.1 Å². The van der Waals surface area contributed by atoms with E-state index in [4.69, 9.17) is 4.74 Å². The number of carbonyl (C=O) groups excluding carboxylic acids is 2. The van der Waals surface area contributed by atoms with Crippen LogP contribution in [-0.4, -0.2) is 49.0 Å². The van der Waals surface area contributed by atoms with E-state index in [1.165, 1.54) is 12.7 Å². The van der Waals surface area contributed by atoms with Crippen LogP contribution in [0, 0.1) is 5.92 Å². The second-order valence-corrected chi connectivity index (χ2v) is 9.65. The van der Waals surface area contributed by atoms with E-state index in [0.717, 1.165) is 42.1 Å². The number of ether oxygens (including phenoxy) is 1. The first-order valence-electron chi connectivity index (χ1n) is 12.1. The number of fused-ring (bicyclic) bond motifs is 1. The SMILES string of the molecule is COC(=O)C(Cc1c[nH]c2ccccc12)NC(=O)CC1CCC(c2ccccc2)(N(C)C)CC1.Cl. The molecular formula is C28H36ClN3O3. The van der Waals surface area contributed by atoms with Gasteiger partial charge in [0.1, 0.15) is 6.04 Å². The molecule has 35 heavy (non-hydrogen) atoms. The number of hydrogen-bond donors (Lipinski definition) is 2. The number of esters is 1. The number of carbonyl (C=O) groups is 2. The molecule has 1 unspecified atom stereocenters. The summed E-state index contributed by atoms with van der Waals surface area (Å²) in [6.07, 6.45) is 6.70. The monoisotopic (exact) mass is 497 g/mol. The first-order chi connectivity index (χ1) is 16.4. The number of nitrogens with zero attached hydrogens (tertiary/aromatic N) is 1. The Morgan fingerprint density at radius 2 is 1.74 bits per heavy atom. The molecule has 0 spiro atoms. The van der Waals surface area contributed by atoms with Gasteiger partial charge < -0.3 is 15.0 Å². The average molecular weight is 498 g/mol. The highest BCUT2D eigenvalue weighted by molar-refractivity contribution is 5.87. The number of halogens is 1. The van der Waals surface area contributed by atoms with Gasteiger partial charge in [0, 0.05) is 35.5 Å². The number of rotatable bonds is 8. The molecule has 0 radical (unpaired) electrons. The van der Waals surface area contributed by atoms with Crippen LogP contribution >= 0.6 is 12.4 Å². The zero-order chi connectivity index (χ0) is 24.1. The zero-order valence-corrected chi connectivity index (χ0v) is 21.6. The lowest BCUT2D eigenvalue weighted by Gasteiger charge is -2.45. The molecule has 0 saturated heterocycles. The summed E-state index contributed by atoms with van der Waals surface area (Å²) >= 11 is 0. The van der Waals surface area contributed by atoms with Gasteiger partial charge in [-0.25, -0.2) is 4.79 Å². The molecule has 3 aromatic rings. The molecule has 4 rings (SSSR count). The highest BCUT2D eigenvalue weighted by Gasteiger charge is 2.39. The van der Waals surface area contributed by atoms with E-state index in [1.54, 1.807) is 0 Å². The summed E-state index contributed by atoms with van der Waals surface area (Å²) in [5, 5.41) is 4.01. The molecule has 1 aliphatic rings. The van der Waals surface area contributed by atoms with Crippen LogP contribution in [0.3, 0.4) is 0 Å². The van der Waals surface area contributed by atoms with Crippen molar-refractivity contribution in [1.29, 1.82) is 0 Å². The topological polar surface area (TPSA) is 74.4 Å². The number of para-hydroxylation sites is 1. The van der Waals surface area contributed by atoms with Crippen LogP contribution in [0.2, 0.25) is 0 Å². The second-order valence-electron chi connectivity index (χ2n) is 9.65. The maximum atomic E-state index is 13.0. The van der Waals surface area contributed by atoms with E-state index in [2.05, 4.69) is 59.6 Å². The molecule has 6 nitrogen and oxygen atoms in total. The highest BCUT2D eigenvalue weighted by atomic mass is 35.5. The Morgan fingerprint density at radius 1 is 1.09 bits per heavy atom. The lowest BCUT2D eigenvalue weighted by molar-refractivity contribution is -0.145. The number of aromatic amines is 1. The van der Waals surface area contributed by atoms with Crippen LogP contribution in [0.25, 0.3) is 10.9 Å². The van der Waals surface area contributed by atoms with Crippen LogP contribution in [-0.2, 0) is 26.3 Å². The molecule has 1 saturated carbocycles. The minimum Gasteiger partial charge on any atom is -0.467 e. The average Bonchev–Trinajstić information content (AvgIpc) is 3.27. The smallest absolute Gasteiger partial charge is 0.328 e. The molecule has 2 N–H and O–H groups in total. The Morgan fingerprint density at radius 3 is 2.40 bits per heavy atom. The quantitative estimate of drug-likeness (QED) is 0.437. The number of H-pyrrole nitrogens is 1. The van der Waals surface area contributed by atoms with Gasteiger partial charge in [0.15, 0.2) is 0 Å². The van der Waals surface area contributed by atoms with Crippen LogP contribution in [0.15, 0.2) is 60.8 Å². The number of methoxy groups -OCH3 is 1. The second kappa shape index (κ2) is 11.7. The summed E-state index contributed by atoms with van der Waals surface area (Å²) < 4.78 is 5.00. The van der Waals surface area contributed by atoms with E-state index in [-0.39, 0.29) is 23.9 Å². The molecule has 1 aromatic heterocycles. The molecule has 1 aliphatic carbocycles. The Labute approximate surface area is 213 Å². The summed E-state index contributed by atoms with van der Waals surface area (Å²) in [6, 6.07) is 17.9. The van der Waals surface area contributed by atoms with Crippen LogP contribution in [0.4, 0.5) is 0 Å². The Kier molecular flexibility index (Phi) is 8.98. The van der Waals surface area contributed by atoms with Crippen molar-refractivity contribution in [1.82, 2.24) is 15.2 Å². The van der Waals surface area contributed by atoms with Gasteiger partial charge in [-0.05, 0) is 62.9 Å². The molecule has 1 amide bonds. The molecule has 1 fully saturated rings. The third kappa shape index (κ3) is 5.88. The van der Waals surface area contributed by atoms with Gasteiger partial charge >= 0.3 is 5.97 Å². The Balaban J connectivity index is 0.00000342. The lowest BCUT2D eigenvalue weighted by atomic mass is 9.71. The number of nitrogens with one attached hydrogen (secondary N) is 2. The summed E-state index contributed by atoms with van der Waals surface area (Å²) in [5.41, 5.74) is 3.35. The number of aromatic nitrogens is 1. The van der Waals surface area contributed by atoms with Crippen molar-refractivity contribution in [2.75, 3.05) is 21.2 Å². The third-order valence-electron chi connectivity index (χ3n) is 7.49. The molecule has 0 aliphatic heterocycles.